The first-order valence-electron chi connectivity index (χ1n) is 9.54. The van der Waals surface area contributed by atoms with Crippen LogP contribution in [0.2, 0.25) is 0 Å². The molecule has 1 N–H and O–H groups in total. The van der Waals surface area contributed by atoms with Crippen molar-refractivity contribution < 1.29 is 9.18 Å². The molecule has 26 heavy (non-hydrogen) atoms. The van der Waals surface area contributed by atoms with Crippen molar-refractivity contribution in [2.75, 3.05) is 26.7 Å². The molecule has 0 aliphatic carbocycles. The molecular weight excluding hydrogens is 331 g/mol. The van der Waals surface area contributed by atoms with Gasteiger partial charge in [0.15, 0.2) is 5.96 Å². The maximum atomic E-state index is 13.0. The molecule has 1 atom stereocenters. The Bertz CT molecular complexity index is 602. The largest absolute Gasteiger partial charge is 0.357 e. The van der Waals surface area contributed by atoms with Gasteiger partial charge < -0.3 is 15.1 Å². The molecule has 0 bridgehead atoms. The summed E-state index contributed by atoms with van der Waals surface area (Å²) in [5.41, 5.74) is 1.01. The van der Waals surface area contributed by atoms with Crippen LogP contribution in [-0.2, 0) is 11.3 Å². The summed E-state index contributed by atoms with van der Waals surface area (Å²) in [6, 6.07) is 6.82. The Morgan fingerprint density at radius 3 is 2.73 bits per heavy atom. The van der Waals surface area contributed by atoms with E-state index in [1.807, 2.05) is 23.8 Å². The number of halogens is 1. The van der Waals surface area contributed by atoms with Gasteiger partial charge in [-0.2, -0.15) is 0 Å². The van der Waals surface area contributed by atoms with Crippen molar-refractivity contribution in [3.63, 3.8) is 0 Å². The smallest absolute Gasteiger partial charge is 0.224 e. The zero-order chi connectivity index (χ0) is 18.9. The molecule has 0 saturated carbocycles. The summed E-state index contributed by atoms with van der Waals surface area (Å²) in [4.78, 5) is 21.0. The van der Waals surface area contributed by atoms with E-state index in [9.17, 15) is 9.18 Å². The third-order valence-electron chi connectivity index (χ3n) is 4.74. The number of carbonyl (C=O) groups is 1. The van der Waals surface area contributed by atoms with Gasteiger partial charge in [0.25, 0.3) is 0 Å². The minimum atomic E-state index is -0.234. The summed E-state index contributed by atoms with van der Waals surface area (Å²) in [5, 5.41) is 3.25. The van der Waals surface area contributed by atoms with E-state index in [-0.39, 0.29) is 11.7 Å². The van der Waals surface area contributed by atoms with Gasteiger partial charge in [-0.1, -0.05) is 12.1 Å². The Balaban J connectivity index is 1.90. The number of guanidine groups is 1. The summed E-state index contributed by atoms with van der Waals surface area (Å²) >= 11 is 0. The van der Waals surface area contributed by atoms with Crippen LogP contribution in [0.5, 0.6) is 0 Å². The number of likely N-dealkylation sites (tertiary alicyclic amines) is 1. The number of benzene rings is 1. The van der Waals surface area contributed by atoms with Crippen LogP contribution in [0.1, 0.15) is 45.1 Å². The second-order valence-electron chi connectivity index (χ2n) is 6.90. The van der Waals surface area contributed by atoms with E-state index in [4.69, 9.17) is 0 Å². The van der Waals surface area contributed by atoms with Gasteiger partial charge in [-0.25, -0.2) is 4.39 Å². The van der Waals surface area contributed by atoms with Crippen molar-refractivity contribution in [3.05, 3.63) is 35.6 Å². The van der Waals surface area contributed by atoms with Gasteiger partial charge in [-0.05, 0) is 50.8 Å². The van der Waals surface area contributed by atoms with Crippen LogP contribution in [0.4, 0.5) is 4.39 Å². The first-order valence-corrected chi connectivity index (χ1v) is 9.54. The van der Waals surface area contributed by atoms with Gasteiger partial charge >= 0.3 is 0 Å². The highest BCUT2D eigenvalue weighted by Crippen LogP contribution is 2.17. The van der Waals surface area contributed by atoms with Crippen LogP contribution in [0, 0.1) is 5.82 Å². The van der Waals surface area contributed by atoms with E-state index in [1.54, 1.807) is 12.1 Å². The Morgan fingerprint density at radius 2 is 2.08 bits per heavy atom. The van der Waals surface area contributed by atoms with Gasteiger partial charge in [0.05, 0.1) is 6.54 Å². The van der Waals surface area contributed by atoms with Crippen LogP contribution < -0.4 is 5.32 Å². The zero-order valence-corrected chi connectivity index (χ0v) is 16.2. The van der Waals surface area contributed by atoms with Crippen molar-refractivity contribution in [2.45, 2.75) is 52.1 Å². The number of hydrogen-bond acceptors (Lipinski definition) is 2. The fraction of sp³-hybridized carbons (Fsp3) is 0.600. The lowest BCUT2D eigenvalue weighted by atomic mass is 10.0. The molecular formula is C20H31FN4O. The number of nitrogens with zero attached hydrogens (tertiary/aromatic N) is 3. The van der Waals surface area contributed by atoms with Gasteiger partial charge in [-0.3, -0.25) is 9.79 Å². The first kappa shape index (κ1) is 20.2. The predicted octanol–water partition coefficient (Wildman–Crippen LogP) is 3.01. The molecule has 1 fully saturated rings. The fourth-order valence-corrected chi connectivity index (χ4v) is 3.28. The molecule has 1 aliphatic rings. The van der Waals surface area contributed by atoms with Crippen molar-refractivity contribution >= 4 is 11.9 Å². The Kier molecular flexibility index (Phi) is 7.88. The second-order valence-corrected chi connectivity index (χ2v) is 6.90. The first-order chi connectivity index (χ1) is 12.5. The SMILES string of the molecule is CCNC(=NCCC(=O)N1CCCCC1C)N(C)Cc1ccc(F)cc1. The minimum Gasteiger partial charge on any atom is -0.357 e. The predicted molar refractivity (Wildman–Crippen MR) is 103 cm³/mol. The highest BCUT2D eigenvalue weighted by atomic mass is 19.1. The van der Waals surface area contributed by atoms with Gasteiger partial charge in [0, 0.05) is 39.1 Å². The van der Waals surface area contributed by atoms with E-state index in [0.717, 1.165) is 37.5 Å². The summed E-state index contributed by atoms with van der Waals surface area (Å²) in [5.74, 6) is 0.719. The second kappa shape index (κ2) is 10.1. The average Bonchev–Trinajstić information content (AvgIpc) is 2.63. The summed E-state index contributed by atoms with van der Waals surface area (Å²) in [6.07, 6.45) is 3.84. The molecule has 6 heteroatoms. The lowest BCUT2D eigenvalue weighted by molar-refractivity contribution is -0.134. The van der Waals surface area contributed by atoms with E-state index in [1.165, 1.54) is 18.6 Å². The van der Waals surface area contributed by atoms with E-state index in [2.05, 4.69) is 17.2 Å². The van der Waals surface area contributed by atoms with Crippen LogP contribution >= 0.6 is 0 Å². The van der Waals surface area contributed by atoms with Gasteiger partial charge in [0.1, 0.15) is 5.82 Å². The highest BCUT2D eigenvalue weighted by Gasteiger charge is 2.22. The minimum absolute atomic E-state index is 0.193. The molecule has 1 amide bonds. The summed E-state index contributed by atoms with van der Waals surface area (Å²) < 4.78 is 13.0. The molecule has 0 radical (unpaired) electrons. The third-order valence-corrected chi connectivity index (χ3v) is 4.74. The molecule has 1 saturated heterocycles. The molecule has 1 aromatic rings. The van der Waals surface area contributed by atoms with Crippen LogP contribution in [0.15, 0.2) is 29.3 Å². The van der Waals surface area contributed by atoms with E-state index in [0.29, 0.717) is 25.6 Å². The summed E-state index contributed by atoms with van der Waals surface area (Å²) in [7, 11) is 1.94. The number of carbonyl (C=O) groups excluding carboxylic acids is 1. The maximum absolute atomic E-state index is 13.0. The van der Waals surface area contributed by atoms with Crippen LogP contribution in [0.3, 0.4) is 0 Å². The maximum Gasteiger partial charge on any atom is 0.224 e. The summed E-state index contributed by atoms with van der Waals surface area (Å²) in [6.45, 7) is 6.86. The topological polar surface area (TPSA) is 47.9 Å². The van der Waals surface area contributed by atoms with E-state index >= 15 is 0 Å². The molecule has 1 aromatic carbocycles. The number of nitrogens with one attached hydrogen (secondary N) is 1. The fourth-order valence-electron chi connectivity index (χ4n) is 3.28. The van der Waals surface area contributed by atoms with Crippen molar-refractivity contribution in [3.8, 4) is 0 Å². The Morgan fingerprint density at radius 1 is 1.35 bits per heavy atom. The van der Waals surface area contributed by atoms with E-state index < -0.39 is 0 Å². The number of rotatable bonds is 6. The molecule has 1 heterocycles. The molecule has 5 nitrogen and oxygen atoms in total. The molecule has 1 aliphatic heterocycles. The molecule has 2 rings (SSSR count). The van der Waals surface area contributed by atoms with Crippen molar-refractivity contribution in [1.29, 1.82) is 0 Å². The van der Waals surface area contributed by atoms with Gasteiger partial charge in [0.2, 0.25) is 5.91 Å². The number of aliphatic imine (C=N–C) groups is 1. The number of amides is 1. The quantitative estimate of drug-likeness (QED) is 0.625. The highest BCUT2D eigenvalue weighted by molar-refractivity contribution is 5.81. The molecule has 144 valence electrons. The standard InChI is InChI=1S/C20H31FN4O/c1-4-22-20(24(3)15-17-8-10-18(21)11-9-17)23-13-12-19(26)25-14-6-5-7-16(25)2/h8-11,16H,4-7,12-15H2,1-3H3,(H,22,23). The number of hydrogen-bond donors (Lipinski definition) is 1. The van der Waals surface area contributed by atoms with Crippen LogP contribution in [0.25, 0.3) is 0 Å². The third kappa shape index (κ3) is 6.00. The van der Waals surface area contributed by atoms with Gasteiger partial charge in [-0.15, -0.1) is 0 Å². The normalized spacial score (nSPS) is 17.9. The lowest BCUT2D eigenvalue weighted by Gasteiger charge is -2.33. The Hall–Kier alpha value is -2.11. The van der Waals surface area contributed by atoms with Crippen molar-refractivity contribution in [2.24, 2.45) is 4.99 Å². The lowest BCUT2D eigenvalue weighted by Crippen LogP contribution is -2.42. The Labute approximate surface area is 156 Å². The molecule has 0 aromatic heterocycles. The monoisotopic (exact) mass is 362 g/mol. The molecule has 0 spiro atoms. The van der Waals surface area contributed by atoms with Crippen LogP contribution in [-0.4, -0.2) is 54.4 Å². The average molecular weight is 362 g/mol. The molecule has 1 unspecified atom stereocenters. The zero-order valence-electron chi connectivity index (χ0n) is 16.2. The number of piperidine rings is 1. The van der Waals surface area contributed by atoms with Crippen molar-refractivity contribution in [1.82, 2.24) is 15.1 Å².